The molecule has 0 spiro atoms. The summed E-state index contributed by atoms with van der Waals surface area (Å²) in [6, 6.07) is 23.3. The van der Waals surface area contributed by atoms with Crippen molar-refractivity contribution in [1.29, 1.82) is 0 Å². The predicted octanol–water partition coefficient (Wildman–Crippen LogP) is 4.76. The molecular weight excluding hydrogens is 436 g/mol. The SMILES string of the molecule is CNc1cccc(S(=O)(=O)Nc2nc3ccccc3nc2Nc2ccc3ncccc3c2)c1. The molecule has 8 nitrogen and oxygen atoms in total. The minimum absolute atomic E-state index is 0.106. The van der Waals surface area contributed by atoms with Crippen LogP contribution in [-0.4, -0.2) is 30.4 Å². The van der Waals surface area contributed by atoms with Crippen molar-refractivity contribution in [2.75, 3.05) is 22.4 Å². The molecule has 0 aliphatic carbocycles. The molecule has 0 saturated heterocycles. The van der Waals surface area contributed by atoms with E-state index in [1.165, 1.54) is 6.07 Å². The molecule has 33 heavy (non-hydrogen) atoms. The summed E-state index contributed by atoms with van der Waals surface area (Å²) in [5.74, 6) is 0.403. The van der Waals surface area contributed by atoms with Crippen LogP contribution < -0.4 is 15.4 Å². The topological polar surface area (TPSA) is 109 Å². The molecule has 0 fully saturated rings. The number of hydrogen-bond acceptors (Lipinski definition) is 7. The highest BCUT2D eigenvalue weighted by Gasteiger charge is 2.19. The van der Waals surface area contributed by atoms with E-state index in [1.54, 1.807) is 37.5 Å². The number of fused-ring (bicyclic) bond motifs is 2. The first-order chi connectivity index (χ1) is 16.0. The molecule has 5 aromatic rings. The summed E-state index contributed by atoms with van der Waals surface area (Å²) >= 11 is 0. The van der Waals surface area contributed by atoms with Gasteiger partial charge in [-0.2, -0.15) is 0 Å². The van der Waals surface area contributed by atoms with E-state index in [9.17, 15) is 8.42 Å². The van der Waals surface area contributed by atoms with Gasteiger partial charge in [-0.25, -0.2) is 18.4 Å². The number of hydrogen-bond donors (Lipinski definition) is 3. The van der Waals surface area contributed by atoms with Crippen molar-refractivity contribution in [3.63, 3.8) is 0 Å². The number of benzene rings is 3. The normalized spacial score (nSPS) is 11.4. The summed E-state index contributed by atoms with van der Waals surface area (Å²) in [7, 11) is -2.18. The Morgan fingerprint density at radius 2 is 1.52 bits per heavy atom. The van der Waals surface area contributed by atoms with Crippen LogP contribution in [0.4, 0.5) is 23.0 Å². The number of nitrogens with one attached hydrogen (secondary N) is 3. The highest BCUT2D eigenvalue weighted by molar-refractivity contribution is 7.92. The fourth-order valence-corrected chi connectivity index (χ4v) is 4.51. The van der Waals surface area contributed by atoms with Crippen molar-refractivity contribution in [2.45, 2.75) is 4.90 Å². The Kier molecular flexibility index (Phi) is 5.23. The van der Waals surface area contributed by atoms with Crippen LogP contribution in [0, 0.1) is 0 Å². The zero-order valence-corrected chi connectivity index (χ0v) is 18.5. The maximum absolute atomic E-state index is 13.1. The molecule has 164 valence electrons. The van der Waals surface area contributed by atoms with E-state index in [-0.39, 0.29) is 10.7 Å². The van der Waals surface area contributed by atoms with Gasteiger partial charge >= 0.3 is 0 Å². The first-order valence-corrected chi connectivity index (χ1v) is 11.7. The Hall–Kier alpha value is -4.24. The van der Waals surface area contributed by atoms with Gasteiger partial charge in [0.05, 0.1) is 21.4 Å². The molecule has 9 heteroatoms. The lowest BCUT2D eigenvalue weighted by atomic mass is 10.2. The Labute approximate surface area is 190 Å². The average Bonchev–Trinajstić information content (AvgIpc) is 2.84. The highest BCUT2D eigenvalue weighted by Crippen LogP contribution is 2.28. The molecule has 0 amide bonds. The number of pyridine rings is 1. The molecule has 2 aromatic heterocycles. The van der Waals surface area contributed by atoms with Gasteiger partial charge in [-0.1, -0.05) is 24.3 Å². The summed E-state index contributed by atoms with van der Waals surface area (Å²) in [5, 5.41) is 7.11. The molecule has 0 radical (unpaired) electrons. The number of para-hydroxylation sites is 2. The standard InChI is InChI=1S/C24H20N6O2S/c1-25-17-7-4-8-19(15-17)33(31,32)30-24-23(28-21-9-2-3-10-22(21)29-24)27-18-11-12-20-16(14-18)6-5-13-26-20/h2-15,25H,1H3,(H,27,28)(H,29,30). The van der Waals surface area contributed by atoms with Crippen LogP contribution in [0.3, 0.4) is 0 Å². The molecular formula is C24H20N6O2S. The third-order valence-corrected chi connectivity index (χ3v) is 6.44. The van der Waals surface area contributed by atoms with Crippen molar-refractivity contribution in [2.24, 2.45) is 0 Å². The van der Waals surface area contributed by atoms with Crippen LogP contribution in [0.15, 0.2) is 90.0 Å². The van der Waals surface area contributed by atoms with Gasteiger partial charge in [0, 0.05) is 30.0 Å². The maximum Gasteiger partial charge on any atom is 0.263 e. The Balaban J connectivity index is 1.57. The van der Waals surface area contributed by atoms with Crippen LogP contribution in [0.5, 0.6) is 0 Å². The molecule has 0 atom stereocenters. The molecule has 0 aliphatic rings. The van der Waals surface area contributed by atoms with Gasteiger partial charge in [0.2, 0.25) is 0 Å². The van der Waals surface area contributed by atoms with Crippen molar-refractivity contribution in [1.82, 2.24) is 15.0 Å². The number of rotatable bonds is 6. The molecule has 2 heterocycles. The van der Waals surface area contributed by atoms with E-state index >= 15 is 0 Å². The Bertz CT molecular complexity index is 1590. The Morgan fingerprint density at radius 3 is 2.30 bits per heavy atom. The average molecular weight is 457 g/mol. The molecule has 5 rings (SSSR count). The third-order valence-electron chi connectivity index (χ3n) is 5.10. The van der Waals surface area contributed by atoms with E-state index in [0.29, 0.717) is 22.5 Å². The van der Waals surface area contributed by atoms with Crippen LogP contribution in [-0.2, 0) is 10.0 Å². The number of anilines is 4. The minimum atomic E-state index is -3.91. The van der Waals surface area contributed by atoms with Gasteiger partial charge in [0.15, 0.2) is 11.6 Å². The third kappa shape index (κ3) is 4.26. The summed E-state index contributed by atoms with van der Waals surface area (Å²) in [5.41, 5.74) is 3.50. The zero-order chi connectivity index (χ0) is 22.8. The summed E-state index contributed by atoms with van der Waals surface area (Å²) in [4.78, 5) is 13.6. The lowest BCUT2D eigenvalue weighted by Crippen LogP contribution is -2.16. The summed E-state index contributed by atoms with van der Waals surface area (Å²) in [6.07, 6.45) is 1.74. The van der Waals surface area contributed by atoms with E-state index in [1.807, 2.05) is 48.5 Å². The quantitative estimate of drug-likeness (QED) is 0.338. The van der Waals surface area contributed by atoms with Gasteiger partial charge in [-0.15, -0.1) is 0 Å². The van der Waals surface area contributed by atoms with Crippen LogP contribution in [0.25, 0.3) is 21.9 Å². The fraction of sp³-hybridized carbons (Fsp3) is 0.0417. The van der Waals surface area contributed by atoms with Crippen molar-refractivity contribution < 1.29 is 8.42 Å². The smallest absolute Gasteiger partial charge is 0.263 e. The van der Waals surface area contributed by atoms with E-state index in [4.69, 9.17) is 0 Å². The molecule has 0 bridgehead atoms. The Morgan fingerprint density at radius 1 is 0.727 bits per heavy atom. The summed E-state index contributed by atoms with van der Waals surface area (Å²) in [6.45, 7) is 0. The van der Waals surface area contributed by atoms with Gasteiger partial charge in [0.1, 0.15) is 0 Å². The van der Waals surface area contributed by atoms with Gasteiger partial charge in [0.25, 0.3) is 10.0 Å². The lowest BCUT2D eigenvalue weighted by Gasteiger charge is -2.14. The first kappa shape index (κ1) is 20.7. The monoisotopic (exact) mass is 456 g/mol. The van der Waals surface area contributed by atoms with E-state index in [0.717, 1.165) is 16.6 Å². The zero-order valence-electron chi connectivity index (χ0n) is 17.6. The molecule has 3 N–H and O–H groups in total. The fourth-order valence-electron chi connectivity index (χ4n) is 3.45. The van der Waals surface area contributed by atoms with E-state index < -0.39 is 10.0 Å². The molecule has 3 aromatic carbocycles. The molecule has 0 unspecified atom stereocenters. The minimum Gasteiger partial charge on any atom is -0.388 e. The second-order valence-electron chi connectivity index (χ2n) is 7.33. The van der Waals surface area contributed by atoms with Crippen molar-refractivity contribution in [3.8, 4) is 0 Å². The van der Waals surface area contributed by atoms with Crippen molar-refractivity contribution in [3.05, 3.63) is 85.1 Å². The first-order valence-electron chi connectivity index (χ1n) is 10.2. The second kappa shape index (κ2) is 8.36. The highest BCUT2D eigenvalue weighted by atomic mass is 32.2. The predicted molar refractivity (Wildman–Crippen MR) is 131 cm³/mol. The van der Waals surface area contributed by atoms with Crippen LogP contribution in [0.2, 0.25) is 0 Å². The molecule has 0 aliphatic heterocycles. The maximum atomic E-state index is 13.1. The van der Waals surface area contributed by atoms with Crippen LogP contribution in [0.1, 0.15) is 0 Å². The van der Waals surface area contributed by atoms with E-state index in [2.05, 4.69) is 30.3 Å². The largest absolute Gasteiger partial charge is 0.388 e. The van der Waals surface area contributed by atoms with Gasteiger partial charge in [-0.3, -0.25) is 9.71 Å². The van der Waals surface area contributed by atoms with Gasteiger partial charge in [-0.05, 0) is 54.6 Å². The lowest BCUT2D eigenvalue weighted by molar-refractivity contribution is 0.601. The number of nitrogens with zero attached hydrogens (tertiary/aromatic N) is 3. The van der Waals surface area contributed by atoms with Gasteiger partial charge < -0.3 is 10.6 Å². The number of sulfonamides is 1. The van der Waals surface area contributed by atoms with Crippen LogP contribution >= 0.6 is 0 Å². The van der Waals surface area contributed by atoms with Crippen molar-refractivity contribution >= 4 is 55.0 Å². The molecule has 0 saturated carbocycles. The number of aromatic nitrogens is 3. The second-order valence-corrected chi connectivity index (χ2v) is 9.01. The summed E-state index contributed by atoms with van der Waals surface area (Å²) < 4.78 is 28.9.